The van der Waals surface area contributed by atoms with Gasteiger partial charge >= 0.3 is 6.18 Å². The van der Waals surface area contributed by atoms with Gasteiger partial charge in [-0.05, 0) is 32.1 Å². The van der Waals surface area contributed by atoms with Crippen LogP contribution in [-0.4, -0.2) is 33.7 Å². The lowest BCUT2D eigenvalue weighted by molar-refractivity contribution is -0.137. The molecule has 5 nitrogen and oxygen atoms in total. The molecule has 21 heavy (non-hydrogen) atoms. The molecule has 1 atom stereocenters. The van der Waals surface area contributed by atoms with Crippen molar-refractivity contribution in [2.75, 3.05) is 6.54 Å². The van der Waals surface area contributed by atoms with Crippen molar-refractivity contribution in [3.63, 3.8) is 0 Å². The zero-order chi connectivity index (χ0) is 15.0. The number of alkyl halides is 3. The molecule has 1 aliphatic heterocycles. The first kappa shape index (κ1) is 14.3. The van der Waals surface area contributed by atoms with Crippen LogP contribution in [0.4, 0.5) is 13.2 Å². The second kappa shape index (κ2) is 5.31. The molecule has 0 radical (unpaired) electrons. The van der Waals surface area contributed by atoms with Gasteiger partial charge in [-0.15, -0.1) is 10.2 Å². The van der Waals surface area contributed by atoms with Crippen molar-refractivity contribution in [1.29, 1.82) is 0 Å². The van der Waals surface area contributed by atoms with Gasteiger partial charge in [0.1, 0.15) is 12.5 Å². The Morgan fingerprint density at radius 3 is 2.67 bits per heavy atom. The monoisotopic (exact) mass is 303 g/mol. The van der Waals surface area contributed by atoms with E-state index in [0.29, 0.717) is 13.0 Å². The fourth-order valence-electron chi connectivity index (χ4n) is 2.66. The Morgan fingerprint density at radius 2 is 2.00 bits per heavy atom. The third-order valence-electron chi connectivity index (χ3n) is 3.83. The minimum atomic E-state index is -4.38. The molecule has 1 unspecified atom stereocenters. The highest BCUT2D eigenvalue weighted by atomic mass is 19.4. The van der Waals surface area contributed by atoms with Crippen molar-refractivity contribution in [2.24, 2.45) is 5.92 Å². The first-order valence-electron chi connectivity index (χ1n) is 7.13. The summed E-state index contributed by atoms with van der Waals surface area (Å²) in [5.74, 6) is -0.178. The summed E-state index contributed by atoms with van der Waals surface area (Å²) in [6.45, 7) is 0.608. The average molecular weight is 303 g/mol. The first-order valence-corrected chi connectivity index (χ1v) is 7.13. The zero-order valence-corrected chi connectivity index (χ0v) is 11.4. The normalized spacial score (nSPS) is 23.4. The number of aromatic nitrogens is 2. The smallest absolute Gasteiger partial charge is 0.397 e. The molecular formula is C13H16F3N3O2. The molecule has 1 aliphatic carbocycles. The zero-order valence-electron chi connectivity index (χ0n) is 11.4. The molecule has 2 aliphatic rings. The van der Waals surface area contributed by atoms with Gasteiger partial charge in [-0.3, -0.25) is 4.79 Å². The van der Waals surface area contributed by atoms with Crippen LogP contribution in [0.25, 0.3) is 0 Å². The van der Waals surface area contributed by atoms with Crippen LogP contribution in [0, 0.1) is 5.92 Å². The molecule has 0 bridgehead atoms. The molecule has 0 N–H and O–H groups in total. The summed E-state index contributed by atoms with van der Waals surface area (Å²) < 4.78 is 42.1. The number of piperidine rings is 1. The third-order valence-corrected chi connectivity index (χ3v) is 3.83. The molecule has 0 aromatic carbocycles. The Hall–Kier alpha value is -1.60. The van der Waals surface area contributed by atoms with E-state index < -0.39 is 18.5 Å². The minimum Gasteiger partial charge on any atom is -0.423 e. The van der Waals surface area contributed by atoms with Crippen LogP contribution in [0.3, 0.4) is 0 Å². The van der Waals surface area contributed by atoms with E-state index in [9.17, 15) is 18.0 Å². The van der Waals surface area contributed by atoms with E-state index in [2.05, 4.69) is 10.2 Å². The summed E-state index contributed by atoms with van der Waals surface area (Å²) in [4.78, 5) is 13.9. The predicted molar refractivity (Wildman–Crippen MR) is 65.1 cm³/mol. The fourth-order valence-corrected chi connectivity index (χ4v) is 2.66. The summed E-state index contributed by atoms with van der Waals surface area (Å²) in [5.41, 5.74) is 0. The van der Waals surface area contributed by atoms with Crippen molar-refractivity contribution in [1.82, 2.24) is 15.1 Å². The largest absolute Gasteiger partial charge is 0.423 e. The molecule has 116 valence electrons. The van der Waals surface area contributed by atoms with Crippen LogP contribution >= 0.6 is 0 Å². The first-order chi connectivity index (χ1) is 9.94. The van der Waals surface area contributed by atoms with Crippen LogP contribution in [0.5, 0.6) is 0 Å². The van der Waals surface area contributed by atoms with Gasteiger partial charge in [0.05, 0.1) is 0 Å². The quantitative estimate of drug-likeness (QED) is 0.861. The number of likely N-dealkylation sites (tertiary alicyclic amines) is 1. The van der Waals surface area contributed by atoms with E-state index in [1.807, 2.05) is 0 Å². The number of rotatable bonds is 3. The second-order valence-electron chi connectivity index (χ2n) is 5.64. The highest BCUT2D eigenvalue weighted by Crippen LogP contribution is 2.37. The number of halogens is 3. The number of hydrogen-bond donors (Lipinski definition) is 0. The summed E-state index contributed by atoms with van der Waals surface area (Å²) >= 11 is 0. The number of carbonyl (C=O) groups excluding carboxylic acids is 1. The highest BCUT2D eigenvalue weighted by Gasteiger charge is 2.40. The third kappa shape index (κ3) is 3.36. The SMILES string of the molecule is O=C(C1CC1)N1CCCCC1c1nnc(CC(F)(F)F)o1. The molecule has 1 saturated carbocycles. The van der Waals surface area contributed by atoms with Gasteiger partial charge in [-0.25, -0.2) is 0 Å². The number of amides is 1. The van der Waals surface area contributed by atoms with Crippen molar-refractivity contribution >= 4 is 5.91 Å². The van der Waals surface area contributed by atoms with Gasteiger partial charge in [0.25, 0.3) is 0 Å². The Labute approximate surface area is 119 Å². The molecule has 8 heteroatoms. The van der Waals surface area contributed by atoms with Crippen molar-refractivity contribution in [2.45, 2.75) is 50.7 Å². The van der Waals surface area contributed by atoms with E-state index in [0.717, 1.165) is 25.7 Å². The van der Waals surface area contributed by atoms with E-state index in [1.54, 1.807) is 4.90 Å². The topological polar surface area (TPSA) is 59.2 Å². The van der Waals surface area contributed by atoms with Gasteiger partial charge in [-0.1, -0.05) is 0 Å². The van der Waals surface area contributed by atoms with Crippen LogP contribution in [0.15, 0.2) is 4.42 Å². The standard InChI is InChI=1S/C13H16F3N3O2/c14-13(15,16)7-10-17-18-11(21-10)9-3-1-2-6-19(9)12(20)8-4-5-8/h8-9H,1-7H2. The second-order valence-corrected chi connectivity index (χ2v) is 5.64. The molecule has 1 aromatic rings. The predicted octanol–water partition coefficient (Wildman–Crippen LogP) is 2.64. The number of hydrogen-bond acceptors (Lipinski definition) is 4. The van der Waals surface area contributed by atoms with Crippen molar-refractivity contribution < 1.29 is 22.4 Å². The Bertz CT molecular complexity index is 525. The lowest BCUT2D eigenvalue weighted by Crippen LogP contribution is -2.39. The van der Waals surface area contributed by atoms with Crippen LogP contribution in [0.2, 0.25) is 0 Å². The van der Waals surface area contributed by atoms with E-state index in [4.69, 9.17) is 4.42 Å². The van der Waals surface area contributed by atoms with Gasteiger partial charge < -0.3 is 9.32 Å². The summed E-state index contributed by atoms with van der Waals surface area (Å²) in [6, 6.07) is -0.374. The van der Waals surface area contributed by atoms with Crippen molar-refractivity contribution in [3.8, 4) is 0 Å². The average Bonchev–Trinajstić information content (AvgIpc) is 3.17. The molecule has 2 heterocycles. The van der Waals surface area contributed by atoms with Crippen LogP contribution < -0.4 is 0 Å². The fraction of sp³-hybridized carbons (Fsp3) is 0.769. The maximum absolute atomic E-state index is 12.3. The van der Waals surface area contributed by atoms with Crippen LogP contribution in [0.1, 0.15) is 49.9 Å². The number of nitrogens with zero attached hydrogens (tertiary/aromatic N) is 3. The summed E-state index contributed by atoms with van der Waals surface area (Å²) in [5, 5.41) is 7.18. The molecular weight excluding hydrogens is 287 g/mol. The minimum absolute atomic E-state index is 0.0651. The van der Waals surface area contributed by atoms with E-state index in [1.165, 1.54) is 0 Å². The molecule has 1 aromatic heterocycles. The lowest BCUT2D eigenvalue weighted by atomic mass is 10.0. The maximum atomic E-state index is 12.3. The Morgan fingerprint density at radius 1 is 1.24 bits per heavy atom. The molecule has 3 rings (SSSR count). The summed E-state index contributed by atoms with van der Waals surface area (Å²) in [7, 11) is 0. The maximum Gasteiger partial charge on any atom is 0.397 e. The van der Waals surface area contributed by atoms with Crippen molar-refractivity contribution in [3.05, 3.63) is 11.8 Å². The van der Waals surface area contributed by atoms with E-state index >= 15 is 0 Å². The van der Waals surface area contributed by atoms with Gasteiger partial charge in [0, 0.05) is 12.5 Å². The van der Waals surface area contributed by atoms with E-state index in [-0.39, 0.29) is 23.8 Å². The highest BCUT2D eigenvalue weighted by molar-refractivity contribution is 5.81. The Balaban J connectivity index is 1.75. The number of carbonyl (C=O) groups is 1. The lowest BCUT2D eigenvalue weighted by Gasteiger charge is -2.33. The molecule has 1 saturated heterocycles. The Kier molecular flexibility index (Phi) is 3.62. The van der Waals surface area contributed by atoms with Gasteiger partial charge in [0.15, 0.2) is 0 Å². The molecule has 2 fully saturated rings. The summed E-state index contributed by atoms with van der Waals surface area (Å²) in [6.07, 6.45) is -1.36. The molecule has 0 spiro atoms. The van der Waals surface area contributed by atoms with Gasteiger partial charge in [-0.2, -0.15) is 13.2 Å². The van der Waals surface area contributed by atoms with Gasteiger partial charge in [0.2, 0.25) is 17.7 Å². The van der Waals surface area contributed by atoms with Crippen LogP contribution in [-0.2, 0) is 11.2 Å². The molecule has 1 amide bonds.